The van der Waals surface area contributed by atoms with E-state index in [2.05, 4.69) is 5.32 Å². The van der Waals surface area contributed by atoms with Crippen LogP contribution in [0.3, 0.4) is 0 Å². The third-order valence-corrected chi connectivity index (χ3v) is 2.76. The standard InChI is InChI=1S/C15H20ClNO3/c1-5-12(17-14(19)20-15(2,3)4)13(18)10-7-6-8-11(16)9-10/h6-9,12H,5H2,1-4H3,(H,17,19). The summed E-state index contributed by atoms with van der Waals surface area (Å²) in [5.41, 5.74) is -0.123. The molecule has 5 heteroatoms. The maximum Gasteiger partial charge on any atom is 0.408 e. The minimum Gasteiger partial charge on any atom is -0.444 e. The molecule has 0 bridgehead atoms. The molecular weight excluding hydrogens is 278 g/mol. The second kappa shape index (κ2) is 6.75. The van der Waals surface area contributed by atoms with Crippen LogP contribution in [0.25, 0.3) is 0 Å². The van der Waals surface area contributed by atoms with Gasteiger partial charge in [-0.1, -0.05) is 30.7 Å². The Morgan fingerprint density at radius 1 is 1.35 bits per heavy atom. The number of hydrogen-bond donors (Lipinski definition) is 1. The van der Waals surface area contributed by atoms with E-state index in [0.717, 1.165) is 0 Å². The smallest absolute Gasteiger partial charge is 0.408 e. The number of amides is 1. The van der Waals surface area contributed by atoms with Crippen molar-refractivity contribution in [1.82, 2.24) is 5.32 Å². The van der Waals surface area contributed by atoms with Crippen LogP contribution >= 0.6 is 11.6 Å². The number of ether oxygens (including phenoxy) is 1. The molecular formula is C15H20ClNO3. The Morgan fingerprint density at radius 3 is 2.50 bits per heavy atom. The zero-order valence-corrected chi connectivity index (χ0v) is 13.0. The van der Waals surface area contributed by atoms with E-state index in [-0.39, 0.29) is 5.78 Å². The molecule has 1 rings (SSSR count). The lowest BCUT2D eigenvalue weighted by atomic mass is 10.0. The molecule has 1 unspecified atom stereocenters. The molecule has 0 fully saturated rings. The van der Waals surface area contributed by atoms with Gasteiger partial charge in [-0.2, -0.15) is 0 Å². The van der Waals surface area contributed by atoms with Gasteiger partial charge in [0.15, 0.2) is 5.78 Å². The van der Waals surface area contributed by atoms with Crippen molar-refractivity contribution in [3.05, 3.63) is 34.9 Å². The Morgan fingerprint density at radius 2 is 2.00 bits per heavy atom. The van der Waals surface area contributed by atoms with Gasteiger partial charge < -0.3 is 10.1 Å². The normalized spacial score (nSPS) is 12.7. The Balaban J connectivity index is 2.76. The quantitative estimate of drug-likeness (QED) is 0.859. The van der Waals surface area contributed by atoms with Crippen molar-refractivity contribution in [3.8, 4) is 0 Å². The number of ketones is 1. The van der Waals surface area contributed by atoms with E-state index in [1.165, 1.54) is 0 Å². The van der Waals surface area contributed by atoms with Gasteiger partial charge in [0.05, 0.1) is 6.04 Å². The maximum absolute atomic E-state index is 12.3. The van der Waals surface area contributed by atoms with Crippen molar-refractivity contribution < 1.29 is 14.3 Å². The number of carbonyl (C=O) groups is 2. The lowest BCUT2D eigenvalue weighted by Crippen LogP contribution is -2.43. The van der Waals surface area contributed by atoms with Crippen molar-refractivity contribution in [2.24, 2.45) is 0 Å². The maximum atomic E-state index is 12.3. The van der Waals surface area contributed by atoms with Gasteiger partial charge >= 0.3 is 6.09 Å². The van der Waals surface area contributed by atoms with Crippen molar-refractivity contribution in [1.29, 1.82) is 0 Å². The number of hydrogen-bond acceptors (Lipinski definition) is 3. The van der Waals surface area contributed by atoms with Crippen LogP contribution in [-0.2, 0) is 4.74 Å². The van der Waals surface area contributed by atoms with Crippen molar-refractivity contribution in [3.63, 3.8) is 0 Å². The zero-order chi connectivity index (χ0) is 15.3. The number of rotatable bonds is 4. The van der Waals surface area contributed by atoms with Crippen LogP contribution in [-0.4, -0.2) is 23.5 Å². The minimum absolute atomic E-state index is 0.180. The number of carbonyl (C=O) groups excluding carboxylic acids is 2. The van der Waals surface area contributed by atoms with Crippen LogP contribution in [0.5, 0.6) is 0 Å². The summed E-state index contributed by atoms with van der Waals surface area (Å²) in [7, 11) is 0. The second-order valence-corrected chi connectivity index (χ2v) is 5.92. The van der Waals surface area contributed by atoms with Crippen LogP contribution in [0.15, 0.2) is 24.3 Å². The van der Waals surface area contributed by atoms with E-state index >= 15 is 0 Å². The molecule has 0 aliphatic carbocycles. The topological polar surface area (TPSA) is 55.4 Å². The third-order valence-electron chi connectivity index (χ3n) is 2.52. The first-order valence-corrected chi connectivity index (χ1v) is 6.90. The fraction of sp³-hybridized carbons (Fsp3) is 0.467. The minimum atomic E-state index is -0.622. The van der Waals surface area contributed by atoms with E-state index < -0.39 is 17.7 Å². The third kappa shape index (κ3) is 5.21. The molecule has 0 radical (unpaired) electrons. The van der Waals surface area contributed by atoms with Gasteiger partial charge in [-0.05, 0) is 39.3 Å². The summed E-state index contributed by atoms with van der Waals surface area (Å²) >= 11 is 5.87. The molecule has 110 valence electrons. The molecule has 1 N–H and O–H groups in total. The highest BCUT2D eigenvalue weighted by atomic mass is 35.5. The van der Waals surface area contributed by atoms with Crippen molar-refractivity contribution in [2.45, 2.75) is 45.8 Å². The van der Waals surface area contributed by atoms with Gasteiger partial charge in [0, 0.05) is 10.6 Å². The molecule has 20 heavy (non-hydrogen) atoms. The van der Waals surface area contributed by atoms with Gasteiger partial charge in [-0.3, -0.25) is 4.79 Å². The van der Waals surface area contributed by atoms with Gasteiger partial charge in [-0.25, -0.2) is 4.79 Å². The first-order valence-electron chi connectivity index (χ1n) is 6.52. The van der Waals surface area contributed by atoms with Crippen LogP contribution in [0, 0.1) is 0 Å². The van der Waals surface area contributed by atoms with Crippen LogP contribution in [0.2, 0.25) is 5.02 Å². The highest BCUT2D eigenvalue weighted by molar-refractivity contribution is 6.31. The second-order valence-electron chi connectivity index (χ2n) is 5.48. The summed E-state index contributed by atoms with van der Waals surface area (Å²) in [6.07, 6.45) is -0.121. The fourth-order valence-electron chi connectivity index (χ4n) is 1.65. The summed E-state index contributed by atoms with van der Waals surface area (Å²) in [5.74, 6) is -0.180. The molecule has 0 aliphatic heterocycles. The summed E-state index contributed by atoms with van der Waals surface area (Å²) in [4.78, 5) is 24.0. The lowest BCUT2D eigenvalue weighted by molar-refractivity contribution is 0.0490. The molecule has 4 nitrogen and oxygen atoms in total. The number of nitrogens with one attached hydrogen (secondary N) is 1. The first kappa shape index (κ1) is 16.5. The van der Waals surface area contributed by atoms with Crippen molar-refractivity contribution >= 4 is 23.5 Å². The largest absolute Gasteiger partial charge is 0.444 e. The predicted octanol–water partition coefficient (Wildman–Crippen LogP) is 3.83. The molecule has 1 aromatic rings. The fourth-order valence-corrected chi connectivity index (χ4v) is 1.84. The predicted molar refractivity (Wildman–Crippen MR) is 79.2 cm³/mol. The molecule has 0 spiro atoms. The zero-order valence-electron chi connectivity index (χ0n) is 12.2. The van der Waals surface area contributed by atoms with E-state index in [4.69, 9.17) is 16.3 Å². The summed E-state index contributed by atoms with van der Waals surface area (Å²) in [6, 6.07) is 6.04. The Hall–Kier alpha value is -1.55. The van der Waals surface area contributed by atoms with Gasteiger partial charge in [0.2, 0.25) is 0 Å². The van der Waals surface area contributed by atoms with Crippen LogP contribution in [0.4, 0.5) is 4.79 Å². The van der Waals surface area contributed by atoms with Crippen LogP contribution in [0.1, 0.15) is 44.5 Å². The molecule has 1 aromatic carbocycles. The molecule has 0 aromatic heterocycles. The Kier molecular flexibility index (Phi) is 5.57. The van der Waals surface area contributed by atoms with E-state index in [0.29, 0.717) is 17.0 Å². The van der Waals surface area contributed by atoms with E-state index in [9.17, 15) is 9.59 Å². The number of alkyl carbamates (subject to hydrolysis) is 1. The highest BCUT2D eigenvalue weighted by Crippen LogP contribution is 2.14. The number of halogens is 1. The van der Waals surface area contributed by atoms with Crippen LogP contribution < -0.4 is 5.32 Å². The SMILES string of the molecule is CCC(NC(=O)OC(C)(C)C)C(=O)c1cccc(Cl)c1. The summed E-state index contributed by atoms with van der Waals surface area (Å²) in [5, 5.41) is 3.08. The van der Waals surface area contributed by atoms with E-state index in [1.807, 2.05) is 6.92 Å². The average molecular weight is 298 g/mol. The molecule has 0 saturated heterocycles. The molecule has 1 atom stereocenters. The molecule has 0 saturated carbocycles. The molecule has 0 heterocycles. The average Bonchev–Trinajstić information content (AvgIpc) is 2.33. The number of Topliss-reactive ketones (excluding diaryl/α,β-unsaturated/α-hetero) is 1. The summed E-state index contributed by atoms with van der Waals surface area (Å²) in [6.45, 7) is 7.13. The molecule has 0 aliphatic rings. The van der Waals surface area contributed by atoms with Gasteiger partial charge in [0.1, 0.15) is 5.60 Å². The van der Waals surface area contributed by atoms with Crippen molar-refractivity contribution in [2.75, 3.05) is 0 Å². The van der Waals surface area contributed by atoms with Gasteiger partial charge in [-0.15, -0.1) is 0 Å². The number of benzene rings is 1. The lowest BCUT2D eigenvalue weighted by Gasteiger charge is -2.22. The monoisotopic (exact) mass is 297 g/mol. The Bertz CT molecular complexity index is 494. The van der Waals surface area contributed by atoms with Gasteiger partial charge in [0.25, 0.3) is 0 Å². The molecule has 1 amide bonds. The van der Waals surface area contributed by atoms with E-state index in [1.54, 1.807) is 45.0 Å². The highest BCUT2D eigenvalue weighted by Gasteiger charge is 2.23. The summed E-state index contributed by atoms with van der Waals surface area (Å²) < 4.78 is 5.15. The Labute approximate surface area is 124 Å². The first-order chi connectivity index (χ1) is 9.23.